The van der Waals surface area contributed by atoms with Crippen LogP contribution in [0.1, 0.15) is 24.8 Å². The molecule has 0 radical (unpaired) electrons. The summed E-state index contributed by atoms with van der Waals surface area (Å²) >= 11 is 3.27. The molecule has 7 heteroatoms. The number of hydrogen-bond acceptors (Lipinski definition) is 4. The van der Waals surface area contributed by atoms with Crippen LogP contribution in [-0.2, 0) is 0 Å². The number of halogens is 1. The monoisotopic (exact) mass is 316 g/mol. The maximum absolute atomic E-state index is 11.0. The van der Waals surface area contributed by atoms with Crippen LogP contribution in [0.25, 0.3) is 0 Å². The minimum absolute atomic E-state index is 0.262. The van der Waals surface area contributed by atoms with Gasteiger partial charge in [0.25, 0.3) is 0 Å². The first-order chi connectivity index (χ1) is 8.45. The zero-order valence-electron chi connectivity index (χ0n) is 9.78. The minimum atomic E-state index is -0.940. The molecule has 0 heterocycles. The van der Waals surface area contributed by atoms with Crippen molar-refractivity contribution in [2.45, 2.75) is 25.3 Å². The highest BCUT2D eigenvalue weighted by atomic mass is 79.9. The second-order valence-corrected chi connectivity index (χ2v) is 4.85. The Hall–Kier alpha value is -1.50. The first kappa shape index (κ1) is 14.6. The molecule has 18 heavy (non-hydrogen) atoms. The molecule has 0 spiro atoms. The van der Waals surface area contributed by atoms with E-state index in [2.05, 4.69) is 15.9 Å². The Labute approximate surface area is 112 Å². The van der Waals surface area contributed by atoms with Gasteiger partial charge in [-0.3, -0.25) is 20.2 Å². The Balaban J connectivity index is 3.11. The molecule has 0 aromatic heterocycles. The smallest absolute Gasteiger partial charge is 0.226 e. The lowest BCUT2D eigenvalue weighted by Crippen LogP contribution is -2.31. The fourth-order valence-electron chi connectivity index (χ4n) is 1.93. The van der Waals surface area contributed by atoms with E-state index in [1.807, 2.05) is 0 Å². The molecule has 0 saturated heterocycles. The van der Waals surface area contributed by atoms with Crippen molar-refractivity contribution in [1.82, 2.24) is 0 Å². The second kappa shape index (κ2) is 6.44. The molecule has 0 unspecified atom stereocenters. The van der Waals surface area contributed by atoms with Gasteiger partial charge in [-0.2, -0.15) is 0 Å². The Morgan fingerprint density at radius 2 is 2.00 bits per heavy atom. The fourth-order valence-corrected chi connectivity index (χ4v) is 2.34. The predicted octanol–water partition coefficient (Wildman–Crippen LogP) is 2.86. The summed E-state index contributed by atoms with van der Waals surface area (Å²) in [6.07, 6.45) is 0.262. The van der Waals surface area contributed by atoms with E-state index in [0.29, 0.717) is 5.56 Å². The highest BCUT2D eigenvalue weighted by molar-refractivity contribution is 9.10. The van der Waals surface area contributed by atoms with Crippen LogP contribution in [0.4, 0.5) is 0 Å². The molecule has 0 aliphatic carbocycles. The largest absolute Gasteiger partial charge is 0.265 e. The summed E-state index contributed by atoms with van der Waals surface area (Å²) in [5.41, 5.74) is 0.615. The number of nitrogens with zero attached hydrogens (tertiary/aromatic N) is 2. The number of rotatable bonds is 6. The SMILES string of the molecule is CC[C@H]([C@@H](C[N+](=O)[O-])c1cccc(Br)c1)[N+](=O)[O-]. The first-order valence-electron chi connectivity index (χ1n) is 5.46. The van der Waals surface area contributed by atoms with Gasteiger partial charge in [0.15, 0.2) is 0 Å². The van der Waals surface area contributed by atoms with E-state index >= 15 is 0 Å². The maximum Gasteiger partial charge on any atom is 0.226 e. The highest BCUT2D eigenvalue weighted by Crippen LogP contribution is 2.26. The average Bonchev–Trinajstić information content (AvgIpc) is 2.27. The molecule has 1 aromatic carbocycles. The molecular weight excluding hydrogens is 304 g/mol. The van der Waals surface area contributed by atoms with Gasteiger partial charge in [0.1, 0.15) is 5.92 Å². The summed E-state index contributed by atoms with van der Waals surface area (Å²) in [7, 11) is 0. The lowest BCUT2D eigenvalue weighted by molar-refractivity contribution is -0.547. The molecule has 0 aliphatic heterocycles. The van der Waals surface area contributed by atoms with Gasteiger partial charge in [0.05, 0.1) is 0 Å². The van der Waals surface area contributed by atoms with Crippen LogP contribution < -0.4 is 0 Å². The van der Waals surface area contributed by atoms with Crippen LogP contribution in [0.15, 0.2) is 28.7 Å². The van der Waals surface area contributed by atoms with Gasteiger partial charge < -0.3 is 0 Å². The van der Waals surface area contributed by atoms with Gasteiger partial charge in [0.2, 0.25) is 12.6 Å². The maximum atomic E-state index is 11.0. The van der Waals surface area contributed by atoms with E-state index in [4.69, 9.17) is 0 Å². The van der Waals surface area contributed by atoms with Gasteiger partial charge in [-0.15, -0.1) is 0 Å². The van der Waals surface area contributed by atoms with E-state index in [-0.39, 0.29) is 6.42 Å². The van der Waals surface area contributed by atoms with Crippen molar-refractivity contribution in [2.75, 3.05) is 6.54 Å². The van der Waals surface area contributed by atoms with Crippen LogP contribution in [0, 0.1) is 20.2 Å². The average molecular weight is 317 g/mol. The molecule has 0 N–H and O–H groups in total. The van der Waals surface area contributed by atoms with Gasteiger partial charge in [-0.05, 0) is 17.7 Å². The highest BCUT2D eigenvalue weighted by Gasteiger charge is 2.35. The molecule has 2 atom stereocenters. The Morgan fingerprint density at radius 3 is 2.44 bits per heavy atom. The van der Waals surface area contributed by atoms with Crippen LogP contribution in [0.3, 0.4) is 0 Å². The van der Waals surface area contributed by atoms with Crippen molar-refractivity contribution < 1.29 is 9.85 Å². The van der Waals surface area contributed by atoms with Gasteiger partial charge in [-0.25, -0.2) is 0 Å². The van der Waals surface area contributed by atoms with E-state index in [0.717, 1.165) is 4.47 Å². The third-order valence-electron chi connectivity index (χ3n) is 2.78. The summed E-state index contributed by atoms with van der Waals surface area (Å²) < 4.78 is 0.756. The number of benzene rings is 1. The second-order valence-electron chi connectivity index (χ2n) is 3.94. The molecular formula is C11H13BrN2O4. The number of hydrogen-bond donors (Lipinski definition) is 0. The van der Waals surface area contributed by atoms with Crippen LogP contribution in [0.2, 0.25) is 0 Å². The molecule has 1 aromatic rings. The summed E-state index contributed by atoms with van der Waals surface area (Å²) in [5, 5.41) is 21.7. The van der Waals surface area contributed by atoms with Crippen molar-refractivity contribution >= 4 is 15.9 Å². The third-order valence-corrected chi connectivity index (χ3v) is 3.27. The summed E-state index contributed by atoms with van der Waals surface area (Å²) in [6, 6.07) is 5.94. The zero-order valence-corrected chi connectivity index (χ0v) is 11.4. The summed E-state index contributed by atoms with van der Waals surface area (Å²) in [6.45, 7) is 1.23. The Kier molecular flexibility index (Phi) is 5.21. The molecule has 1 rings (SSSR count). The third kappa shape index (κ3) is 3.76. The van der Waals surface area contributed by atoms with Crippen LogP contribution in [-0.4, -0.2) is 22.4 Å². The standard InChI is InChI=1S/C11H13BrN2O4/c1-2-11(14(17)18)10(7-13(15)16)8-4-3-5-9(12)6-8/h3-6,10-11H,2,7H2,1H3/t10-,11+/m0/s1. The van der Waals surface area contributed by atoms with E-state index in [1.54, 1.807) is 31.2 Å². The molecule has 0 amide bonds. The van der Waals surface area contributed by atoms with E-state index in [1.165, 1.54) is 0 Å². The molecule has 0 bridgehead atoms. The molecule has 6 nitrogen and oxygen atoms in total. The van der Waals surface area contributed by atoms with Crippen molar-refractivity contribution in [3.8, 4) is 0 Å². The lowest BCUT2D eigenvalue weighted by atomic mass is 9.90. The van der Waals surface area contributed by atoms with Crippen molar-refractivity contribution in [1.29, 1.82) is 0 Å². The quantitative estimate of drug-likeness (QED) is 0.596. The first-order valence-corrected chi connectivity index (χ1v) is 6.25. The van der Waals surface area contributed by atoms with Crippen molar-refractivity contribution in [3.63, 3.8) is 0 Å². The molecule has 0 saturated carbocycles. The molecule has 0 fully saturated rings. The fraction of sp³-hybridized carbons (Fsp3) is 0.455. The van der Waals surface area contributed by atoms with E-state index < -0.39 is 28.4 Å². The van der Waals surface area contributed by atoms with Crippen LogP contribution >= 0.6 is 15.9 Å². The summed E-state index contributed by atoms with van der Waals surface area (Å²) in [4.78, 5) is 20.7. The number of nitro groups is 2. The van der Waals surface area contributed by atoms with E-state index in [9.17, 15) is 20.2 Å². The van der Waals surface area contributed by atoms with Crippen LogP contribution in [0.5, 0.6) is 0 Å². The van der Waals surface area contributed by atoms with Crippen molar-refractivity contribution in [3.05, 3.63) is 54.5 Å². The molecule has 0 aliphatic rings. The molecule has 98 valence electrons. The minimum Gasteiger partial charge on any atom is -0.265 e. The Morgan fingerprint density at radius 1 is 1.33 bits per heavy atom. The topological polar surface area (TPSA) is 86.3 Å². The zero-order chi connectivity index (χ0) is 13.7. The van der Waals surface area contributed by atoms with Gasteiger partial charge in [-0.1, -0.05) is 35.0 Å². The lowest BCUT2D eigenvalue weighted by Gasteiger charge is -2.17. The summed E-state index contributed by atoms with van der Waals surface area (Å²) in [5.74, 6) is -0.711. The predicted molar refractivity (Wildman–Crippen MR) is 69.8 cm³/mol. The van der Waals surface area contributed by atoms with Gasteiger partial charge >= 0.3 is 0 Å². The Bertz CT molecular complexity index is 452. The van der Waals surface area contributed by atoms with Gasteiger partial charge in [0, 0.05) is 20.7 Å². The normalized spacial score (nSPS) is 13.9. The van der Waals surface area contributed by atoms with Crippen molar-refractivity contribution in [2.24, 2.45) is 0 Å².